The van der Waals surface area contributed by atoms with Crippen LogP contribution in [0.2, 0.25) is 5.02 Å². The van der Waals surface area contributed by atoms with E-state index in [9.17, 15) is 9.59 Å². The number of amides is 3. The third-order valence-electron chi connectivity index (χ3n) is 4.45. The van der Waals surface area contributed by atoms with Crippen molar-refractivity contribution in [2.75, 3.05) is 25.2 Å². The van der Waals surface area contributed by atoms with Crippen molar-refractivity contribution in [1.82, 2.24) is 10.2 Å². The molecule has 0 bridgehead atoms. The van der Waals surface area contributed by atoms with Gasteiger partial charge in [0.05, 0.1) is 11.4 Å². The van der Waals surface area contributed by atoms with Crippen molar-refractivity contribution in [1.29, 1.82) is 0 Å². The topological polar surface area (TPSA) is 79.9 Å². The number of para-hydroxylation sites is 1. The van der Waals surface area contributed by atoms with Crippen molar-refractivity contribution in [3.63, 3.8) is 0 Å². The van der Waals surface area contributed by atoms with Gasteiger partial charge in [-0.15, -0.1) is 0 Å². The van der Waals surface area contributed by atoms with Gasteiger partial charge in [0.15, 0.2) is 11.5 Å². The molecule has 0 unspecified atom stereocenters. The van der Waals surface area contributed by atoms with E-state index in [2.05, 4.69) is 10.6 Å². The van der Waals surface area contributed by atoms with Gasteiger partial charge >= 0.3 is 6.03 Å². The van der Waals surface area contributed by atoms with Crippen LogP contribution >= 0.6 is 11.6 Å². The highest BCUT2D eigenvalue weighted by atomic mass is 35.5. The van der Waals surface area contributed by atoms with Crippen LogP contribution in [-0.2, 0) is 17.8 Å². The van der Waals surface area contributed by atoms with Gasteiger partial charge in [0.1, 0.15) is 0 Å². The van der Waals surface area contributed by atoms with E-state index >= 15 is 0 Å². The Bertz CT molecular complexity index is 903. The summed E-state index contributed by atoms with van der Waals surface area (Å²) in [5.41, 5.74) is 2.30. The Morgan fingerprint density at radius 1 is 1.26 bits per heavy atom. The van der Waals surface area contributed by atoms with Gasteiger partial charge in [0, 0.05) is 25.3 Å². The lowest BCUT2D eigenvalue weighted by molar-refractivity contribution is -0.115. The molecule has 0 aromatic heterocycles. The summed E-state index contributed by atoms with van der Waals surface area (Å²) in [6.07, 6.45) is 0.148. The molecule has 0 saturated carbocycles. The molecule has 0 radical (unpaired) electrons. The Kier molecular flexibility index (Phi) is 4.77. The molecule has 2 aliphatic rings. The van der Waals surface area contributed by atoms with Crippen molar-refractivity contribution in [2.24, 2.45) is 0 Å². The molecule has 0 spiro atoms. The zero-order chi connectivity index (χ0) is 18.8. The van der Waals surface area contributed by atoms with Crippen LogP contribution < -0.4 is 20.1 Å². The first-order chi connectivity index (χ1) is 13.1. The highest BCUT2D eigenvalue weighted by Gasteiger charge is 2.21. The van der Waals surface area contributed by atoms with Crippen LogP contribution in [-0.4, -0.2) is 36.7 Å². The van der Waals surface area contributed by atoms with Gasteiger partial charge in [-0.1, -0.05) is 29.8 Å². The van der Waals surface area contributed by atoms with Crippen molar-refractivity contribution in [2.45, 2.75) is 13.0 Å². The van der Waals surface area contributed by atoms with E-state index in [0.29, 0.717) is 41.8 Å². The van der Waals surface area contributed by atoms with Crippen LogP contribution in [0.4, 0.5) is 10.5 Å². The van der Waals surface area contributed by atoms with Gasteiger partial charge in [0.2, 0.25) is 12.7 Å². The molecule has 3 amide bonds. The Morgan fingerprint density at radius 3 is 2.93 bits per heavy atom. The van der Waals surface area contributed by atoms with Crippen LogP contribution in [0.3, 0.4) is 0 Å². The highest BCUT2D eigenvalue weighted by molar-refractivity contribution is 6.32. The van der Waals surface area contributed by atoms with Gasteiger partial charge in [0.25, 0.3) is 0 Å². The number of rotatable bonds is 5. The molecule has 2 N–H and O–H groups in total. The third-order valence-corrected chi connectivity index (χ3v) is 4.73. The van der Waals surface area contributed by atoms with Gasteiger partial charge in [-0.25, -0.2) is 4.79 Å². The minimum Gasteiger partial charge on any atom is -0.454 e. The molecule has 7 nitrogen and oxygen atoms in total. The fourth-order valence-electron chi connectivity index (χ4n) is 3.15. The Labute approximate surface area is 161 Å². The van der Waals surface area contributed by atoms with Gasteiger partial charge in [-0.2, -0.15) is 0 Å². The molecule has 2 heterocycles. The van der Waals surface area contributed by atoms with Crippen LogP contribution in [0.25, 0.3) is 0 Å². The number of ether oxygens (including phenoxy) is 2. The minimum absolute atomic E-state index is 0.0915. The van der Waals surface area contributed by atoms with E-state index in [0.717, 1.165) is 11.1 Å². The average Bonchev–Trinajstić information content (AvgIpc) is 3.26. The first-order valence-corrected chi connectivity index (χ1v) is 8.96. The molecule has 2 aromatic rings. The Hall–Kier alpha value is -2.93. The lowest BCUT2D eigenvalue weighted by atomic mass is 10.1. The summed E-state index contributed by atoms with van der Waals surface area (Å²) in [4.78, 5) is 26.0. The Morgan fingerprint density at radius 2 is 2.11 bits per heavy atom. The number of halogens is 1. The summed E-state index contributed by atoms with van der Waals surface area (Å²) >= 11 is 6.17. The molecule has 4 rings (SSSR count). The molecule has 0 aliphatic carbocycles. The summed E-state index contributed by atoms with van der Waals surface area (Å²) in [6, 6.07) is 10.8. The summed E-state index contributed by atoms with van der Waals surface area (Å²) in [5.74, 6) is 0.879. The molecule has 0 atom stereocenters. The zero-order valence-electron chi connectivity index (χ0n) is 14.5. The number of anilines is 1. The number of fused-ring (bicyclic) bond motifs is 1. The van der Waals surface area contributed by atoms with Gasteiger partial charge < -0.3 is 25.0 Å². The van der Waals surface area contributed by atoms with E-state index in [1.54, 1.807) is 17.0 Å². The number of nitrogens with zero attached hydrogens (tertiary/aromatic N) is 1. The van der Waals surface area contributed by atoms with Gasteiger partial charge in [-0.05, 0) is 29.3 Å². The molecular weight excluding hydrogens is 370 g/mol. The van der Waals surface area contributed by atoms with Crippen LogP contribution in [0.1, 0.15) is 11.1 Å². The molecule has 2 aromatic carbocycles. The van der Waals surface area contributed by atoms with E-state index in [4.69, 9.17) is 21.1 Å². The fourth-order valence-corrected chi connectivity index (χ4v) is 3.44. The average molecular weight is 388 g/mol. The normalized spacial score (nSPS) is 15.0. The van der Waals surface area contributed by atoms with Gasteiger partial charge in [-0.3, -0.25) is 4.79 Å². The SMILES string of the molecule is O=C(Cc1cc(Cl)c2c(c1)OCO2)Nc1ccccc1CN1CCNC1=O. The standard InChI is InChI=1S/C19H18ClN3O4/c20-14-7-12(8-16-18(14)27-11-26-16)9-17(24)22-15-4-2-1-3-13(15)10-23-6-5-21-19(23)25/h1-4,7-8H,5-6,9-11H2,(H,21,25)(H,22,24). The van der Waals surface area contributed by atoms with Crippen molar-refractivity contribution in [3.8, 4) is 11.5 Å². The summed E-state index contributed by atoms with van der Waals surface area (Å²) in [6.45, 7) is 1.86. The number of benzene rings is 2. The largest absolute Gasteiger partial charge is 0.454 e. The maximum absolute atomic E-state index is 12.5. The molecule has 27 heavy (non-hydrogen) atoms. The number of carbonyl (C=O) groups excluding carboxylic acids is 2. The first-order valence-electron chi connectivity index (χ1n) is 8.59. The first kappa shape index (κ1) is 17.5. The summed E-state index contributed by atoms with van der Waals surface area (Å²) in [7, 11) is 0. The van der Waals surface area contributed by atoms with Crippen LogP contribution in [0.5, 0.6) is 11.5 Å². The minimum atomic E-state index is -0.178. The maximum Gasteiger partial charge on any atom is 0.317 e. The second-order valence-electron chi connectivity index (χ2n) is 6.35. The number of carbonyl (C=O) groups is 2. The molecule has 140 valence electrons. The molecule has 8 heteroatoms. The third kappa shape index (κ3) is 3.78. The highest BCUT2D eigenvalue weighted by Crippen LogP contribution is 2.39. The second-order valence-corrected chi connectivity index (χ2v) is 6.75. The molecular formula is C19H18ClN3O4. The lowest BCUT2D eigenvalue weighted by Crippen LogP contribution is -2.28. The van der Waals surface area contributed by atoms with Crippen LogP contribution in [0, 0.1) is 0 Å². The quantitative estimate of drug-likeness (QED) is 0.826. The monoisotopic (exact) mass is 387 g/mol. The van der Waals surface area contributed by atoms with Crippen LogP contribution in [0.15, 0.2) is 36.4 Å². The number of urea groups is 1. The van der Waals surface area contributed by atoms with Crippen molar-refractivity contribution < 1.29 is 19.1 Å². The predicted octanol–water partition coefficient (Wildman–Crippen LogP) is 2.78. The predicted molar refractivity (Wildman–Crippen MR) is 100 cm³/mol. The van der Waals surface area contributed by atoms with E-state index in [1.807, 2.05) is 24.3 Å². The van der Waals surface area contributed by atoms with Crippen molar-refractivity contribution >= 4 is 29.2 Å². The smallest absolute Gasteiger partial charge is 0.317 e. The molecule has 1 saturated heterocycles. The second kappa shape index (κ2) is 7.36. The number of hydrogen-bond donors (Lipinski definition) is 2. The van der Waals surface area contributed by atoms with E-state index in [-0.39, 0.29) is 25.2 Å². The van der Waals surface area contributed by atoms with E-state index < -0.39 is 0 Å². The fraction of sp³-hybridized carbons (Fsp3) is 0.263. The maximum atomic E-state index is 12.5. The molecule has 2 aliphatic heterocycles. The number of nitrogens with one attached hydrogen (secondary N) is 2. The number of hydrogen-bond acceptors (Lipinski definition) is 4. The molecule has 1 fully saturated rings. The zero-order valence-corrected chi connectivity index (χ0v) is 15.2. The van der Waals surface area contributed by atoms with E-state index in [1.165, 1.54) is 0 Å². The Balaban J connectivity index is 1.46. The lowest BCUT2D eigenvalue weighted by Gasteiger charge is -2.17. The summed E-state index contributed by atoms with van der Waals surface area (Å²) in [5, 5.41) is 6.12. The summed E-state index contributed by atoms with van der Waals surface area (Å²) < 4.78 is 10.6. The van der Waals surface area contributed by atoms with Crippen molar-refractivity contribution in [3.05, 3.63) is 52.5 Å².